The van der Waals surface area contributed by atoms with Gasteiger partial charge < -0.3 is 15.1 Å². The molecule has 1 aromatic carbocycles. The number of piperazine rings is 1. The van der Waals surface area contributed by atoms with Crippen LogP contribution in [-0.2, 0) is 17.6 Å². The molecule has 1 aliphatic heterocycles. The van der Waals surface area contributed by atoms with Crippen molar-refractivity contribution in [3.63, 3.8) is 0 Å². The molecular weight excluding hydrogens is 388 g/mol. The van der Waals surface area contributed by atoms with Gasteiger partial charge in [-0.15, -0.1) is 0 Å². The predicted octanol–water partition coefficient (Wildman–Crippen LogP) is 2.76. The van der Waals surface area contributed by atoms with Crippen molar-refractivity contribution in [3.8, 4) is 6.07 Å². The Kier molecular flexibility index (Phi) is 6.46. The molecule has 31 heavy (non-hydrogen) atoms. The molecule has 2 aromatic rings. The quantitative estimate of drug-likeness (QED) is 0.596. The Morgan fingerprint density at radius 2 is 1.84 bits per heavy atom. The van der Waals surface area contributed by atoms with Crippen molar-refractivity contribution < 1.29 is 4.79 Å². The van der Waals surface area contributed by atoms with Crippen LogP contribution in [0.15, 0.2) is 48.4 Å². The first kappa shape index (κ1) is 20.9. The summed E-state index contributed by atoms with van der Waals surface area (Å²) >= 11 is 0. The summed E-state index contributed by atoms with van der Waals surface area (Å²) in [4.78, 5) is 25.4. The van der Waals surface area contributed by atoms with Gasteiger partial charge in [0.15, 0.2) is 0 Å². The molecule has 1 fully saturated rings. The number of nitrogens with one attached hydrogen (secondary N) is 1. The van der Waals surface area contributed by atoms with Crippen LogP contribution >= 0.6 is 0 Å². The second-order valence-corrected chi connectivity index (χ2v) is 8.16. The molecule has 2 heterocycles. The van der Waals surface area contributed by atoms with E-state index >= 15 is 0 Å². The second-order valence-electron chi connectivity index (χ2n) is 8.16. The van der Waals surface area contributed by atoms with Gasteiger partial charge in [-0.05, 0) is 55.4 Å². The Morgan fingerprint density at radius 3 is 2.55 bits per heavy atom. The zero-order valence-electron chi connectivity index (χ0n) is 17.9. The minimum Gasteiger partial charge on any atom is -0.373 e. The highest BCUT2D eigenvalue weighted by Crippen LogP contribution is 2.25. The van der Waals surface area contributed by atoms with Crippen molar-refractivity contribution in [1.82, 2.24) is 20.2 Å². The molecule has 160 valence electrons. The molecule has 7 nitrogen and oxygen atoms in total. The number of hydrogen-bond acceptors (Lipinski definition) is 6. The maximum Gasteiger partial charge on any atom is 0.263 e. The van der Waals surface area contributed by atoms with Gasteiger partial charge in [-0.3, -0.25) is 4.79 Å². The predicted molar refractivity (Wildman–Crippen MR) is 119 cm³/mol. The average Bonchev–Trinajstić information content (AvgIpc) is 2.83. The molecule has 1 unspecified atom stereocenters. The van der Waals surface area contributed by atoms with E-state index in [4.69, 9.17) is 0 Å². The molecule has 1 aliphatic carbocycles. The van der Waals surface area contributed by atoms with Gasteiger partial charge in [0, 0.05) is 44.8 Å². The van der Waals surface area contributed by atoms with Gasteiger partial charge in [0.25, 0.3) is 5.91 Å². The monoisotopic (exact) mass is 416 g/mol. The summed E-state index contributed by atoms with van der Waals surface area (Å²) in [7, 11) is 0. The fraction of sp³-hybridized carbons (Fsp3) is 0.417. The molecule has 2 aliphatic rings. The third kappa shape index (κ3) is 5.02. The van der Waals surface area contributed by atoms with E-state index in [1.807, 2.05) is 11.8 Å². The van der Waals surface area contributed by atoms with Gasteiger partial charge in [0.2, 0.25) is 5.95 Å². The van der Waals surface area contributed by atoms with Gasteiger partial charge >= 0.3 is 0 Å². The smallest absolute Gasteiger partial charge is 0.263 e. The number of nitrogens with zero attached hydrogens (tertiary/aromatic N) is 5. The van der Waals surface area contributed by atoms with Gasteiger partial charge in [0.1, 0.15) is 11.6 Å². The van der Waals surface area contributed by atoms with E-state index in [1.165, 1.54) is 24.0 Å². The van der Waals surface area contributed by atoms with Crippen LogP contribution in [0.3, 0.4) is 0 Å². The second kappa shape index (κ2) is 9.61. The number of anilines is 1. The minimum atomic E-state index is -0.332. The lowest BCUT2D eigenvalue weighted by Gasteiger charge is -2.34. The molecule has 0 bridgehead atoms. The van der Waals surface area contributed by atoms with Crippen LogP contribution in [0.1, 0.15) is 42.5 Å². The first-order chi connectivity index (χ1) is 15.1. The number of hydrogen-bond donors (Lipinski definition) is 1. The summed E-state index contributed by atoms with van der Waals surface area (Å²) in [5, 5.41) is 12.6. The van der Waals surface area contributed by atoms with E-state index in [9.17, 15) is 10.1 Å². The number of aromatic nitrogens is 2. The lowest BCUT2D eigenvalue weighted by Crippen LogP contribution is -2.45. The Labute approximate surface area is 183 Å². The first-order valence-electron chi connectivity index (χ1n) is 10.9. The van der Waals surface area contributed by atoms with Crippen LogP contribution < -0.4 is 10.2 Å². The highest BCUT2D eigenvalue weighted by Gasteiger charge is 2.20. The lowest BCUT2D eigenvalue weighted by atomic mass is 9.89. The molecule has 0 saturated carbocycles. The highest BCUT2D eigenvalue weighted by molar-refractivity contribution is 5.97. The van der Waals surface area contributed by atoms with Crippen LogP contribution in [0.2, 0.25) is 0 Å². The maximum atomic E-state index is 12.7. The SMILES string of the molecule is CC(NC(=O)/C(C#N)=C\N1CCN(c2ncccn2)CC1)c1ccc2c(c1)CCCC2. The summed E-state index contributed by atoms with van der Waals surface area (Å²) in [6, 6.07) is 10.2. The van der Waals surface area contributed by atoms with E-state index in [2.05, 4.69) is 44.5 Å². The Bertz CT molecular complexity index is 989. The zero-order chi connectivity index (χ0) is 21.6. The normalized spacial score (nSPS) is 17.5. The summed E-state index contributed by atoms with van der Waals surface area (Å²) in [6.45, 7) is 4.86. The number of rotatable bonds is 5. The van der Waals surface area contributed by atoms with Gasteiger partial charge in [0.05, 0.1) is 6.04 Å². The third-order valence-electron chi connectivity index (χ3n) is 6.05. The number of carbonyl (C=O) groups is 1. The minimum absolute atomic E-state index is 0.134. The van der Waals surface area contributed by atoms with Crippen molar-refractivity contribution in [1.29, 1.82) is 5.26 Å². The van der Waals surface area contributed by atoms with Crippen molar-refractivity contribution in [2.24, 2.45) is 0 Å². The van der Waals surface area contributed by atoms with Crippen molar-refractivity contribution in [3.05, 3.63) is 65.1 Å². The molecule has 1 N–H and O–H groups in total. The first-order valence-corrected chi connectivity index (χ1v) is 10.9. The summed E-state index contributed by atoms with van der Waals surface area (Å²) < 4.78 is 0. The number of benzene rings is 1. The zero-order valence-corrected chi connectivity index (χ0v) is 17.9. The van der Waals surface area contributed by atoms with Gasteiger partial charge in [-0.1, -0.05) is 18.2 Å². The van der Waals surface area contributed by atoms with Crippen LogP contribution in [-0.4, -0.2) is 47.0 Å². The van der Waals surface area contributed by atoms with E-state index in [0.717, 1.165) is 31.5 Å². The molecule has 1 saturated heterocycles. The molecule has 7 heteroatoms. The molecule has 1 amide bonds. The Balaban J connectivity index is 1.36. The van der Waals surface area contributed by atoms with Crippen molar-refractivity contribution in [2.45, 2.75) is 38.6 Å². The molecule has 0 spiro atoms. The maximum absolute atomic E-state index is 12.7. The van der Waals surface area contributed by atoms with Crippen LogP contribution in [0.4, 0.5) is 5.95 Å². The fourth-order valence-electron chi connectivity index (χ4n) is 4.21. The number of amides is 1. The topological polar surface area (TPSA) is 85.2 Å². The number of fused-ring (bicyclic) bond motifs is 1. The third-order valence-corrected chi connectivity index (χ3v) is 6.05. The van der Waals surface area contributed by atoms with Crippen LogP contribution in [0.25, 0.3) is 0 Å². The molecule has 4 rings (SSSR count). The number of nitriles is 1. The Hall–Kier alpha value is -3.40. The molecule has 0 radical (unpaired) electrons. The summed E-state index contributed by atoms with van der Waals surface area (Å²) in [6.07, 6.45) is 9.86. The summed E-state index contributed by atoms with van der Waals surface area (Å²) in [5.41, 5.74) is 4.03. The largest absolute Gasteiger partial charge is 0.373 e. The average molecular weight is 417 g/mol. The molecular formula is C24H28N6O. The van der Waals surface area contributed by atoms with E-state index in [-0.39, 0.29) is 17.5 Å². The summed E-state index contributed by atoms with van der Waals surface area (Å²) in [5.74, 6) is 0.379. The standard InChI is InChI=1S/C24H28N6O/c1-18(20-8-7-19-5-2-3-6-21(19)15-20)28-23(31)22(16-25)17-29-11-13-30(14-12-29)24-26-9-4-10-27-24/h4,7-10,15,17-18H,2-3,5-6,11-14H2,1H3,(H,28,31)/b22-17-. The number of carbonyl (C=O) groups excluding carboxylic acids is 1. The molecule has 1 atom stereocenters. The highest BCUT2D eigenvalue weighted by atomic mass is 16.1. The van der Waals surface area contributed by atoms with E-state index in [0.29, 0.717) is 19.0 Å². The Morgan fingerprint density at radius 1 is 1.13 bits per heavy atom. The van der Waals surface area contributed by atoms with Crippen molar-refractivity contribution in [2.75, 3.05) is 31.1 Å². The lowest BCUT2D eigenvalue weighted by molar-refractivity contribution is -0.117. The van der Waals surface area contributed by atoms with Crippen molar-refractivity contribution >= 4 is 11.9 Å². The van der Waals surface area contributed by atoms with E-state index < -0.39 is 0 Å². The van der Waals surface area contributed by atoms with Gasteiger partial charge in [-0.25, -0.2) is 9.97 Å². The van der Waals surface area contributed by atoms with E-state index in [1.54, 1.807) is 24.7 Å². The fourth-order valence-corrected chi connectivity index (χ4v) is 4.21. The number of aryl methyl sites for hydroxylation is 2. The molecule has 1 aromatic heterocycles. The van der Waals surface area contributed by atoms with Crippen LogP contribution in [0.5, 0.6) is 0 Å². The van der Waals surface area contributed by atoms with Crippen LogP contribution in [0, 0.1) is 11.3 Å². The van der Waals surface area contributed by atoms with Gasteiger partial charge in [-0.2, -0.15) is 5.26 Å².